The predicted molar refractivity (Wildman–Crippen MR) is 91.8 cm³/mol. The summed E-state index contributed by atoms with van der Waals surface area (Å²) < 4.78 is 65.6. The fourth-order valence-corrected chi connectivity index (χ4v) is 3.30. The molecule has 0 bridgehead atoms. The Kier molecular flexibility index (Phi) is 6.50. The topological polar surface area (TPSA) is 59.3 Å². The molecule has 1 aromatic rings. The standard InChI is InChI=1S/C20H21F4NO3/c1-10(8-25)7-13-14(20(13,2)3)19(26)28-6-5-11-15(21)17(23)12(9-27-4)18(24)16(11)22/h7,13-14H,5-6,9H2,1-4H3. The number of methoxy groups -OCH3 is 1. The molecule has 8 heteroatoms. The number of rotatable bonds is 7. The van der Waals surface area contributed by atoms with E-state index in [-0.39, 0.29) is 5.92 Å². The molecule has 2 atom stereocenters. The maximum absolute atomic E-state index is 14.1. The van der Waals surface area contributed by atoms with Gasteiger partial charge in [-0.2, -0.15) is 5.26 Å². The van der Waals surface area contributed by atoms with Crippen LogP contribution in [0.2, 0.25) is 0 Å². The van der Waals surface area contributed by atoms with E-state index in [0.29, 0.717) is 5.57 Å². The second-order valence-corrected chi connectivity index (χ2v) is 7.35. The fraction of sp³-hybridized carbons (Fsp3) is 0.500. The van der Waals surface area contributed by atoms with Gasteiger partial charge in [-0.05, 0) is 18.3 Å². The van der Waals surface area contributed by atoms with Crippen LogP contribution < -0.4 is 0 Å². The predicted octanol–water partition coefficient (Wildman–Crippen LogP) is 4.22. The molecule has 1 aromatic carbocycles. The van der Waals surface area contributed by atoms with Crippen molar-refractivity contribution in [3.63, 3.8) is 0 Å². The zero-order valence-corrected chi connectivity index (χ0v) is 16.0. The summed E-state index contributed by atoms with van der Waals surface area (Å²) in [7, 11) is 1.14. The van der Waals surface area contributed by atoms with Gasteiger partial charge < -0.3 is 9.47 Å². The summed E-state index contributed by atoms with van der Waals surface area (Å²) in [6.45, 7) is 4.25. The molecule has 0 aromatic heterocycles. The number of nitrogens with zero attached hydrogens (tertiary/aromatic N) is 1. The lowest BCUT2D eigenvalue weighted by Gasteiger charge is -2.12. The van der Waals surface area contributed by atoms with Crippen LogP contribution in [0.4, 0.5) is 17.6 Å². The molecule has 1 fully saturated rings. The van der Waals surface area contributed by atoms with Crippen molar-refractivity contribution in [2.45, 2.75) is 33.8 Å². The lowest BCUT2D eigenvalue weighted by molar-refractivity contribution is -0.146. The molecule has 0 amide bonds. The lowest BCUT2D eigenvalue weighted by atomic mass is 10.1. The van der Waals surface area contributed by atoms with Crippen molar-refractivity contribution in [1.29, 1.82) is 5.26 Å². The molecule has 4 nitrogen and oxygen atoms in total. The van der Waals surface area contributed by atoms with Crippen molar-refractivity contribution in [1.82, 2.24) is 0 Å². The van der Waals surface area contributed by atoms with E-state index in [1.165, 1.54) is 0 Å². The molecule has 0 saturated heterocycles. The Bertz CT molecular complexity index is 829. The van der Waals surface area contributed by atoms with Crippen molar-refractivity contribution < 1.29 is 31.8 Å². The van der Waals surface area contributed by atoms with Gasteiger partial charge in [0.2, 0.25) is 0 Å². The molecule has 0 aliphatic heterocycles. The minimum absolute atomic E-state index is 0.184. The van der Waals surface area contributed by atoms with Crippen molar-refractivity contribution in [2.24, 2.45) is 17.3 Å². The highest BCUT2D eigenvalue weighted by Crippen LogP contribution is 2.59. The van der Waals surface area contributed by atoms with Gasteiger partial charge in [-0.25, -0.2) is 17.6 Å². The number of carbonyl (C=O) groups is 1. The highest BCUT2D eigenvalue weighted by molar-refractivity contribution is 5.78. The number of esters is 1. The van der Waals surface area contributed by atoms with E-state index in [9.17, 15) is 22.4 Å². The van der Waals surface area contributed by atoms with Gasteiger partial charge in [-0.3, -0.25) is 4.79 Å². The van der Waals surface area contributed by atoms with E-state index < -0.39 is 71.3 Å². The van der Waals surface area contributed by atoms with Crippen LogP contribution in [0.3, 0.4) is 0 Å². The second-order valence-electron chi connectivity index (χ2n) is 7.35. The van der Waals surface area contributed by atoms with E-state index >= 15 is 0 Å². The van der Waals surface area contributed by atoms with E-state index in [0.717, 1.165) is 7.11 Å². The molecular weight excluding hydrogens is 378 g/mol. The van der Waals surface area contributed by atoms with Crippen molar-refractivity contribution >= 4 is 5.97 Å². The van der Waals surface area contributed by atoms with Gasteiger partial charge in [-0.1, -0.05) is 19.9 Å². The van der Waals surface area contributed by atoms with Crippen LogP contribution >= 0.6 is 0 Å². The summed E-state index contributed by atoms with van der Waals surface area (Å²) in [5.41, 5.74) is -1.60. The summed E-state index contributed by atoms with van der Waals surface area (Å²) >= 11 is 0. The van der Waals surface area contributed by atoms with Gasteiger partial charge >= 0.3 is 5.97 Å². The zero-order valence-electron chi connectivity index (χ0n) is 16.0. The Labute approximate surface area is 160 Å². The zero-order chi connectivity index (χ0) is 21.2. The molecule has 1 aliphatic carbocycles. The molecule has 0 spiro atoms. The van der Waals surface area contributed by atoms with Crippen LogP contribution in [-0.2, 0) is 27.3 Å². The Morgan fingerprint density at radius 1 is 1.14 bits per heavy atom. The lowest BCUT2D eigenvalue weighted by Crippen LogP contribution is -2.15. The first-order chi connectivity index (χ1) is 13.1. The number of halogens is 4. The normalized spacial score (nSPS) is 20.6. The van der Waals surface area contributed by atoms with Crippen LogP contribution in [0, 0.1) is 51.9 Å². The highest BCUT2D eigenvalue weighted by atomic mass is 19.2. The Hall–Kier alpha value is -2.40. The average Bonchev–Trinajstić information content (AvgIpc) is 3.19. The van der Waals surface area contributed by atoms with Gasteiger partial charge in [0.05, 0.1) is 30.8 Å². The molecular formula is C20H21F4NO3. The number of hydrogen-bond donors (Lipinski definition) is 0. The smallest absolute Gasteiger partial charge is 0.310 e. The van der Waals surface area contributed by atoms with Gasteiger partial charge in [0.15, 0.2) is 23.3 Å². The monoisotopic (exact) mass is 399 g/mol. The maximum Gasteiger partial charge on any atom is 0.310 e. The Balaban J connectivity index is 2.06. The third kappa shape index (κ3) is 4.04. The van der Waals surface area contributed by atoms with Crippen molar-refractivity contribution in [3.8, 4) is 6.07 Å². The third-order valence-corrected chi connectivity index (χ3v) is 5.10. The Morgan fingerprint density at radius 2 is 1.68 bits per heavy atom. The minimum Gasteiger partial charge on any atom is -0.465 e. The quantitative estimate of drug-likeness (QED) is 0.298. The van der Waals surface area contributed by atoms with E-state index in [4.69, 9.17) is 10.00 Å². The first-order valence-corrected chi connectivity index (χ1v) is 8.65. The van der Waals surface area contributed by atoms with Crippen LogP contribution in [0.15, 0.2) is 11.6 Å². The second kappa shape index (κ2) is 8.31. The minimum atomic E-state index is -1.53. The summed E-state index contributed by atoms with van der Waals surface area (Å²) in [5.74, 6) is -7.38. The molecule has 1 aliphatic rings. The van der Waals surface area contributed by atoms with E-state index in [1.807, 2.05) is 19.9 Å². The van der Waals surface area contributed by atoms with E-state index in [1.54, 1.807) is 13.0 Å². The first kappa shape index (κ1) is 21.9. The van der Waals surface area contributed by atoms with Gasteiger partial charge in [0.1, 0.15) is 0 Å². The van der Waals surface area contributed by atoms with E-state index in [2.05, 4.69) is 4.74 Å². The first-order valence-electron chi connectivity index (χ1n) is 8.65. The summed E-state index contributed by atoms with van der Waals surface area (Å²) in [6, 6.07) is 1.98. The average molecular weight is 399 g/mol. The highest BCUT2D eigenvalue weighted by Gasteiger charge is 2.61. The van der Waals surface area contributed by atoms with Crippen LogP contribution in [0.5, 0.6) is 0 Å². The van der Waals surface area contributed by atoms with Gasteiger partial charge in [0.25, 0.3) is 0 Å². The van der Waals surface area contributed by atoms with Crippen molar-refractivity contribution in [2.75, 3.05) is 13.7 Å². The molecule has 152 valence electrons. The van der Waals surface area contributed by atoms with Crippen LogP contribution in [-0.4, -0.2) is 19.7 Å². The fourth-order valence-electron chi connectivity index (χ4n) is 3.30. The SMILES string of the molecule is COCc1c(F)c(F)c(CCOC(=O)C2C(C=C(C)C#N)C2(C)C)c(F)c1F. The molecule has 0 radical (unpaired) electrons. The summed E-state index contributed by atoms with van der Waals surface area (Å²) in [5, 5.41) is 8.85. The number of benzene rings is 1. The third-order valence-electron chi connectivity index (χ3n) is 5.10. The molecule has 2 unspecified atom stereocenters. The Morgan fingerprint density at radius 3 is 2.18 bits per heavy atom. The number of nitriles is 1. The number of hydrogen-bond acceptors (Lipinski definition) is 4. The van der Waals surface area contributed by atoms with Crippen LogP contribution in [0.1, 0.15) is 31.9 Å². The number of ether oxygens (including phenoxy) is 2. The largest absolute Gasteiger partial charge is 0.465 e. The maximum atomic E-state index is 14.1. The molecule has 28 heavy (non-hydrogen) atoms. The molecule has 2 rings (SSSR count). The molecule has 1 saturated carbocycles. The van der Waals surface area contributed by atoms with Gasteiger partial charge in [-0.15, -0.1) is 0 Å². The number of carbonyl (C=O) groups excluding carboxylic acids is 1. The summed E-state index contributed by atoms with van der Waals surface area (Å²) in [6.07, 6.45) is 1.17. The molecule has 0 N–H and O–H groups in total. The van der Waals surface area contributed by atoms with Crippen molar-refractivity contribution in [3.05, 3.63) is 46.0 Å². The van der Waals surface area contributed by atoms with Gasteiger partial charge in [0, 0.05) is 24.7 Å². The molecule has 0 heterocycles. The summed E-state index contributed by atoms with van der Waals surface area (Å²) in [4.78, 5) is 12.2. The number of allylic oxidation sites excluding steroid dienone is 2. The van der Waals surface area contributed by atoms with Crippen LogP contribution in [0.25, 0.3) is 0 Å².